The number of hydrogen-bond donors (Lipinski definition) is 3. The van der Waals surface area contributed by atoms with Crippen LogP contribution in [0.5, 0.6) is 17.2 Å². The smallest absolute Gasteiger partial charge is 0.306 e. The lowest BCUT2D eigenvalue weighted by atomic mass is 9.93. The highest BCUT2D eigenvalue weighted by molar-refractivity contribution is 5.79. The second-order valence-electron chi connectivity index (χ2n) is 9.85. The summed E-state index contributed by atoms with van der Waals surface area (Å²) >= 11 is 0. The number of ether oxygens (including phenoxy) is 2. The molecule has 46 heavy (non-hydrogen) atoms. The summed E-state index contributed by atoms with van der Waals surface area (Å²) in [7, 11) is 0. The van der Waals surface area contributed by atoms with E-state index in [0.29, 0.717) is 54.7 Å². The maximum absolute atomic E-state index is 11.8. The Bertz CT molecular complexity index is 1330. The number of benzene rings is 2. The normalized spacial score (nSPS) is 12.2. The Kier molecular flexibility index (Phi) is 20.8. The fourth-order valence-corrected chi connectivity index (χ4v) is 4.18. The van der Waals surface area contributed by atoms with Crippen LogP contribution in [-0.4, -0.2) is 65.6 Å². The molecule has 0 spiro atoms. The molecule has 11 nitrogen and oxygen atoms in total. The van der Waals surface area contributed by atoms with Crippen LogP contribution in [0.4, 0.5) is 0 Å². The number of allylic oxidation sites excluding steroid dienone is 4. The Labute approximate surface area is 269 Å². The molecule has 11 heteroatoms. The number of carbonyl (C=O) groups excluding carboxylic acids is 6. The number of esters is 2. The van der Waals surface area contributed by atoms with Gasteiger partial charge in [0.1, 0.15) is 30.9 Å². The lowest BCUT2D eigenvalue weighted by molar-refractivity contribution is -0.145. The summed E-state index contributed by atoms with van der Waals surface area (Å²) in [5.74, 6) is -2.10. The third kappa shape index (κ3) is 15.6. The standard InChI is InChI=1S/C17H20O6.C17H20O5.CH4/c1-2-13(11-19)14(5-7-18)10-17(22)23-8-6-12-3-4-15(20)16(21)9-12;1-2-14(12-19)15(7-9-18)11-17(21)22-10-8-13-3-5-16(20)6-4-13;/h2-4,7,9,11,14,20-21H,5-6,8,10H2,1H3;2-6,9,12,15,20H,7-8,10-11H2,1H3;1H4/b13-2-;14-2-;. The van der Waals surface area contributed by atoms with Crippen molar-refractivity contribution < 1.29 is 53.6 Å². The topological polar surface area (TPSA) is 182 Å². The highest BCUT2D eigenvalue weighted by Gasteiger charge is 2.19. The Hall–Kier alpha value is -5.06. The van der Waals surface area contributed by atoms with E-state index in [4.69, 9.17) is 9.47 Å². The van der Waals surface area contributed by atoms with Gasteiger partial charge in [-0.15, -0.1) is 0 Å². The van der Waals surface area contributed by atoms with Gasteiger partial charge in [0.15, 0.2) is 11.5 Å². The number of hydrogen-bond acceptors (Lipinski definition) is 11. The minimum atomic E-state index is -0.499. The van der Waals surface area contributed by atoms with Crippen LogP contribution in [0.25, 0.3) is 0 Å². The molecule has 2 aromatic rings. The first-order chi connectivity index (χ1) is 21.6. The van der Waals surface area contributed by atoms with Crippen molar-refractivity contribution in [3.8, 4) is 17.2 Å². The third-order valence-corrected chi connectivity index (χ3v) is 6.75. The highest BCUT2D eigenvalue weighted by atomic mass is 16.5. The number of carbonyl (C=O) groups is 6. The summed E-state index contributed by atoms with van der Waals surface area (Å²) in [6.45, 7) is 3.68. The number of aromatic hydroxyl groups is 3. The third-order valence-electron chi connectivity index (χ3n) is 6.75. The molecule has 0 heterocycles. The molecule has 0 saturated heterocycles. The van der Waals surface area contributed by atoms with Gasteiger partial charge < -0.3 is 34.4 Å². The maximum atomic E-state index is 11.8. The lowest BCUT2D eigenvalue weighted by Gasteiger charge is -2.13. The average Bonchev–Trinajstić information content (AvgIpc) is 3.01. The minimum Gasteiger partial charge on any atom is -0.508 e. The fraction of sp³-hybridized carbons (Fsp3) is 0.371. The van der Waals surface area contributed by atoms with Gasteiger partial charge in [-0.1, -0.05) is 37.8 Å². The van der Waals surface area contributed by atoms with Crippen LogP contribution in [0, 0.1) is 11.8 Å². The molecule has 0 fully saturated rings. The second kappa shape index (κ2) is 23.3. The van der Waals surface area contributed by atoms with Crippen molar-refractivity contribution in [1.82, 2.24) is 0 Å². The Morgan fingerprint density at radius 3 is 1.50 bits per heavy atom. The molecular formula is C35H44O11. The van der Waals surface area contributed by atoms with Crippen molar-refractivity contribution in [3.05, 3.63) is 76.9 Å². The van der Waals surface area contributed by atoms with Crippen molar-refractivity contribution >= 4 is 37.1 Å². The predicted molar refractivity (Wildman–Crippen MR) is 171 cm³/mol. The zero-order chi connectivity index (χ0) is 33.6. The van der Waals surface area contributed by atoms with E-state index in [9.17, 15) is 44.1 Å². The van der Waals surface area contributed by atoms with E-state index in [1.165, 1.54) is 12.1 Å². The first kappa shape index (κ1) is 40.9. The van der Waals surface area contributed by atoms with Crippen LogP contribution in [0.3, 0.4) is 0 Å². The largest absolute Gasteiger partial charge is 0.508 e. The molecule has 2 aromatic carbocycles. The summed E-state index contributed by atoms with van der Waals surface area (Å²) in [5, 5.41) is 27.8. The zero-order valence-corrected chi connectivity index (χ0v) is 25.4. The van der Waals surface area contributed by atoms with Crippen molar-refractivity contribution in [2.45, 2.75) is 59.8 Å². The summed E-state index contributed by atoms with van der Waals surface area (Å²) in [6.07, 6.45) is 6.93. The van der Waals surface area contributed by atoms with E-state index < -0.39 is 23.8 Å². The molecule has 0 aliphatic rings. The Morgan fingerprint density at radius 1 is 0.674 bits per heavy atom. The second-order valence-corrected chi connectivity index (χ2v) is 9.85. The van der Waals surface area contributed by atoms with E-state index in [1.807, 2.05) is 0 Å². The molecular weight excluding hydrogens is 596 g/mol. The van der Waals surface area contributed by atoms with Crippen LogP contribution >= 0.6 is 0 Å². The van der Waals surface area contributed by atoms with Crippen LogP contribution in [0.2, 0.25) is 0 Å². The molecule has 2 rings (SSSR count). The van der Waals surface area contributed by atoms with Crippen molar-refractivity contribution in [2.24, 2.45) is 11.8 Å². The molecule has 0 aliphatic carbocycles. The van der Waals surface area contributed by atoms with Crippen LogP contribution in [0.15, 0.2) is 65.8 Å². The van der Waals surface area contributed by atoms with Crippen molar-refractivity contribution in [1.29, 1.82) is 0 Å². The summed E-state index contributed by atoms with van der Waals surface area (Å²) in [6, 6.07) is 11.0. The Balaban J connectivity index is 0.000000862. The van der Waals surface area contributed by atoms with Gasteiger partial charge in [-0.2, -0.15) is 0 Å². The van der Waals surface area contributed by atoms with Crippen LogP contribution < -0.4 is 0 Å². The molecule has 0 bridgehead atoms. The van der Waals surface area contributed by atoms with E-state index in [-0.39, 0.29) is 63.6 Å². The molecule has 3 N–H and O–H groups in total. The van der Waals surface area contributed by atoms with Gasteiger partial charge in [0.2, 0.25) is 0 Å². The number of phenolic OH excluding ortho intramolecular Hbond substituents is 3. The van der Waals surface area contributed by atoms with Gasteiger partial charge in [0, 0.05) is 37.5 Å². The number of phenols is 3. The molecule has 2 atom stereocenters. The molecule has 0 aliphatic heterocycles. The monoisotopic (exact) mass is 640 g/mol. The van der Waals surface area contributed by atoms with E-state index >= 15 is 0 Å². The Morgan fingerprint density at radius 2 is 1.11 bits per heavy atom. The van der Waals surface area contributed by atoms with Gasteiger partial charge in [-0.3, -0.25) is 19.2 Å². The maximum Gasteiger partial charge on any atom is 0.306 e. The van der Waals surface area contributed by atoms with Gasteiger partial charge >= 0.3 is 11.9 Å². The quantitative estimate of drug-likeness (QED) is 0.0883. The van der Waals surface area contributed by atoms with E-state index in [0.717, 1.165) is 5.56 Å². The number of aldehydes is 4. The predicted octanol–water partition coefficient (Wildman–Crippen LogP) is 4.78. The first-order valence-electron chi connectivity index (χ1n) is 14.3. The summed E-state index contributed by atoms with van der Waals surface area (Å²) < 4.78 is 10.2. The highest BCUT2D eigenvalue weighted by Crippen LogP contribution is 2.25. The fourth-order valence-electron chi connectivity index (χ4n) is 4.18. The number of rotatable bonds is 18. The first-order valence-corrected chi connectivity index (χ1v) is 14.3. The van der Waals surface area contributed by atoms with Gasteiger partial charge in [0.05, 0.1) is 26.1 Å². The molecule has 250 valence electrons. The zero-order valence-electron chi connectivity index (χ0n) is 25.4. The SMILES string of the molecule is C.C/C=C(/C=O)C(CC=O)CC(=O)OCCc1ccc(O)c(O)c1.C/C=C(/C=O)C(CC=O)CC(=O)OCCc1ccc(O)cc1. The van der Waals surface area contributed by atoms with E-state index in [2.05, 4.69) is 0 Å². The summed E-state index contributed by atoms with van der Waals surface area (Å²) in [5.41, 5.74) is 2.48. The molecule has 0 aromatic heterocycles. The molecule has 2 unspecified atom stereocenters. The average molecular weight is 641 g/mol. The summed E-state index contributed by atoms with van der Waals surface area (Å²) in [4.78, 5) is 66.7. The molecule has 0 saturated carbocycles. The minimum absolute atomic E-state index is 0. The van der Waals surface area contributed by atoms with Crippen molar-refractivity contribution in [3.63, 3.8) is 0 Å². The molecule has 0 amide bonds. The van der Waals surface area contributed by atoms with Gasteiger partial charge in [-0.25, -0.2) is 0 Å². The van der Waals surface area contributed by atoms with Crippen LogP contribution in [0.1, 0.15) is 58.1 Å². The molecule has 0 radical (unpaired) electrons. The van der Waals surface area contributed by atoms with Crippen LogP contribution in [-0.2, 0) is 51.1 Å². The van der Waals surface area contributed by atoms with Gasteiger partial charge in [-0.05, 0) is 60.4 Å². The van der Waals surface area contributed by atoms with Crippen molar-refractivity contribution in [2.75, 3.05) is 13.2 Å². The lowest BCUT2D eigenvalue weighted by Crippen LogP contribution is -2.16. The van der Waals surface area contributed by atoms with Gasteiger partial charge in [0.25, 0.3) is 0 Å². The van der Waals surface area contributed by atoms with E-state index in [1.54, 1.807) is 56.3 Å².